The molecule has 0 bridgehead atoms. The van der Waals surface area contributed by atoms with Gasteiger partial charge in [-0.25, -0.2) is 0 Å². The normalized spacial score (nSPS) is 20.0. The molecule has 0 radical (unpaired) electrons. The molecule has 0 aromatic heterocycles. The molecule has 1 aliphatic rings. The van der Waals surface area contributed by atoms with E-state index in [4.69, 9.17) is 0 Å². The Balaban J connectivity index is 2.59. The van der Waals surface area contributed by atoms with Gasteiger partial charge in [0.05, 0.1) is 6.61 Å². The summed E-state index contributed by atoms with van der Waals surface area (Å²) in [6, 6.07) is 0. The van der Waals surface area contributed by atoms with Crippen molar-refractivity contribution >= 4 is 12.9 Å². The van der Waals surface area contributed by atoms with Crippen LogP contribution in [0.25, 0.3) is 0 Å². The highest BCUT2D eigenvalue weighted by Crippen LogP contribution is 2.50. The standard InChI is InChI=1S/C7H11BF3O3/c1-2-14-6(12)3-7(4-13-5-7)8(9,10)11/h2-5H2,1H3/q-1. The molecule has 82 valence electrons. The van der Waals surface area contributed by atoms with Crippen LogP contribution >= 0.6 is 0 Å². The average Bonchev–Trinajstić information content (AvgIpc) is 1.94. The lowest BCUT2D eigenvalue weighted by Crippen LogP contribution is -2.52. The molecule has 0 aromatic rings. The van der Waals surface area contributed by atoms with Gasteiger partial charge in [0, 0.05) is 19.6 Å². The number of carbonyl (C=O) groups is 1. The molecule has 0 amide bonds. The van der Waals surface area contributed by atoms with Gasteiger partial charge in [-0.15, -0.1) is 0 Å². The van der Waals surface area contributed by atoms with Crippen LogP contribution in [0.1, 0.15) is 13.3 Å². The largest absolute Gasteiger partial charge is 0.489 e. The van der Waals surface area contributed by atoms with Crippen molar-refractivity contribution in [1.29, 1.82) is 0 Å². The molecule has 0 atom stereocenters. The Kier molecular flexibility index (Phi) is 3.09. The Morgan fingerprint density at radius 3 is 2.36 bits per heavy atom. The van der Waals surface area contributed by atoms with Crippen LogP contribution in [0.4, 0.5) is 12.9 Å². The van der Waals surface area contributed by atoms with Gasteiger partial charge in [-0.2, -0.15) is 0 Å². The minimum Gasteiger partial charge on any atom is -0.466 e. The zero-order chi connectivity index (χ0) is 10.8. The summed E-state index contributed by atoms with van der Waals surface area (Å²) in [6.07, 6.45) is -0.621. The highest BCUT2D eigenvalue weighted by Gasteiger charge is 2.55. The van der Waals surface area contributed by atoms with Gasteiger partial charge in [-0.3, -0.25) is 4.79 Å². The Morgan fingerprint density at radius 2 is 2.07 bits per heavy atom. The van der Waals surface area contributed by atoms with Crippen molar-refractivity contribution in [3.63, 3.8) is 0 Å². The summed E-state index contributed by atoms with van der Waals surface area (Å²) < 4.78 is 46.6. The zero-order valence-corrected chi connectivity index (χ0v) is 7.76. The molecule has 1 rings (SSSR count). The number of halogens is 3. The van der Waals surface area contributed by atoms with Gasteiger partial charge in [0.25, 0.3) is 0 Å². The minimum absolute atomic E-state index is 0.0978. The second-order valence-electron chi connectivity index (χ2n) is 3.41. The van der Waals surface area contributed by atoms with Crippen molar-refractivity contribution < 1.29 is 27.2 Å². The van der Waals surface area contributed by atoms with Gasteiger partial charge in [-0.1, -0.05) is 0 Å². The molecule has 0 spiro atoms. The molecule has 1 saturated heterocycles. The molecule has 14 heavy (non-hydrogen) atoms. The maximum atomic E-state index is 12.5. The highest BCUT2D eigenvalue weighted by atomic mass is 19.4. The van der Waals surface area contributed by atoms with Gasteiger partial charge in [-0.05, 0) is 12.2 Å². The lowest BCUT2D eigenvalue weighted by molar-refractivity contribution is -0.149. The fourth-order valence-corrected chi connectivity index (χ4v) is 1.27. The molecule has 0 N–H and O–H groups in total. The van der Waals surface area contributed by atoms with E-state index in [2.05, 4.69) is 9.47 Å². The van der Waals surface area contributed by atoms with Crippen LogP contribution in [0.2, 0.25) is 5.31 Å². The second kappa shape index (κ2) is 3.80. The summed E-state index contributed by atoms with van der Waals surface area (Å²) in [5.41, 5.74) is 0. The molecule has 0 aliphatic carbocycles. The van der Waals surface area contributed by atoms with Crippen molar-refractivity contribution in [3.8, 4) is 0 Å². The Hall–Kier alpha value is -0.715. The topological polar surface area (TPSA) is 35.5 Å². The third-order valence-electron chi connectivity index (χ3n) is 2.28. The van der Waals surface area contributed by atoms with E-state index in [0.29, 0.717) is 0 Å². The predicted molar refractivity (Wildman–Crippen MR) is 43.8 cm³/mol. The van der Waals surface area contributed by atoms with Crippen LogP contribution in [0.3, 0.4) is 0 Å². The maximum Gasteiger partial charge on any atom is 0.489 e. The van der Waals surface area contributed by atoms with Crippen molar-refractivity contribution in [2.45, 2.75) is 18.7 Å². The Labute approximate surface area is 79.6 Å². The lowest BCUT2D eigenvalue weighted by atomic mass is 9.54. The van der Waals surface area contributed by atoms with Crippen LogP contribution in [-0.2, 0) is 14.3 Å². The first-order valence-electron chi connectivity index (χ1n) is 4.34. The van der Waals surface area contributed by atoms with E-state index in [1.807, 2.05) is 0 Å². The predicted octanol–water partition coefficient (Wildman–Crippen LogP) is 1.56. The average molecular weight is 211 g/mol. The van der Waals surface area contributed by atoms with E-state index in [1.165, 1.54) is 0 Å². The smallest absolute Gasteiger partial charge is 0.466 e. The number of ether oxygens (including phenoxy) is 2. The SMILES string of the molecule is CCOC(=O)CC1([B-](F)(F)F)COC1. The highest BCUT2D eigenvalue weighted by molar-refractivity contribution is 6.63. The summed E-state index contributed by atoms with van der Waals surface area (Å²) in [7, 11) is 0. The van der Waals surface area contributed by atoms with Gasteiger partial charge >= 0.3 is 12.9 Å². The van der Waals surface area contributed by atoms with Crippen molar-refractivity contribution in [1.82, 2.24) is 0 Å². The molecule has 3 nitrogen and oxygen atoms in total. The fraction of sp³-hybridized carbons (Fsp3) is 0.857. The van der Waals surface area contributed by atoms with Crippen LogP contribution in [-0.4, -0.2) is 32.8 Å². The van der Waals surface area contributed by atoms with E-state index < -0.39 is 37.9 Å². The zero-order valence-electron chi connectivity index (χ0n) is 7.76. The van der Waals surface area contributed by atoms with Crippen molar-refractivity contribution in [3.05, 3.63) is 0 Å². The van der Waals surface area contributed by atoms with E-state index in [1.54, 1.807) is 6.92 Å². The Morgan fingerprint density at radius 1 is 1.50 bits per heavy atom. The van der Waals surface area contributed by atoms with E-state index in [-0.39, 0.29) is 6.61 Å². The first kappa shape index (κ1) is 11.4. The minimum atomic E-state index is -5.05. The van der Waals surface area contributed by atoms with Crippen LogP contribution in [0.5, 0.6) is 0 Å². The van der Waals surface area contributed by atoms with Crippen LogP contribution in [0.15, 0.2) is 0 Å². The molecule has 0 saturated carbocycles. The quantitative estimate of drug-likeness (QED) is 0.522. The Bertz CT molecular complexity index is 225. The molecule has 0 aromatic carbocycles. The second-order valence-corrected chi connectivity index (χ2v) is 3.41. The number of carbonyl (C=O) groups excluding carboxylic acids is 1. The van der Waals surface area contributed by atoms with E-state index in [0.717, 1.165) is 0 Å². The van der Waals surface area contributed by atoms with E-state index >= 15 is 0 Å². The van der Waals surface area contributed by atoms with Gasteiger partial charge in [0.2, 0.25) is 0 Å². The van der Waals surface area contributed by atoms with E-state index in [9.17, 15) is 17.7 Å². The molecular weight excluding hydrogens is 200 g/mol. The van der Waals surface area contributed by atoms with Crippen LogP contribution in [0, 0.1) is 0 Å². The number of rotatable bonds is 4. The molecule has 1 aliphatic heterocycles. The van der Waals surface area contributed by atoms with Crippen molar-refractivity contribution in [2.75, 3.05) is 19.8 Å². The lowest BCUT2D eigenvalue weighted by Gasteiger charge is -2.47. The number of hydrogen-bond acceptors (Lipinski definition) is 3. The first-order valence-corrected chi connectivity index (χ1v) is 4.34. The monoisotopic (exact) mass is 211 g/mol. The maximum absolute atomic E-state index is 12.5. The third-order valence-corrected chi connectivity index (χ3v) is 2.28. The molecule has 0 unspecified atom stereocenters. The number of hydrogen-bond donors (Lipinski definition) is 0. The fourth-order valence-electron chi connectivity index (χ4n) is 1.27. The summed E-state index contributed by atoms with van der Waals surface area (Å²) in [5.74, 6) is -0.810. The molecular formula is C7H11BF3O3-. The molecule has 1 heterocycles. The third kappa shape index (κ3) is 2.02. The summed E-state index contributed by atoms with van der Waals surface area (Å²) in [5, 5.41) is -1.95. The van der Waals surface area contributed by atoms with Gasteiger partial charge in [0.15, 0.2) is 0 Å². The summed E-state index contributed by atoms with van der Waals surface area (Å²) in [4.78, 5) is 10.9. The molecule has 1 fully saturated rings. The number of esters is 1. The molecule has 7 heteroatoms. The van der Waals surface area contributed by atoms with Gasteiger partial charge < -0.3 is 22.4 Å². The van der Waals surface area contributed by atoms with Crippen molar-refractivity contribution in [2.24, 2.45) is 0 Å². The van der Waals surface area contributed by atoms with Crippen LogP contribution < -0.4 is 0 Å². The summed E-state index contributed by atoms with van der Waals surface area (Å²) in [6.45, 7) is -4.24. The first-order chi connectivity index (χ1) is 6.41. The van der Waals surface area contributed by atoms with Gasteiger partial charge in [0.1, 0.15) is 0 Å². The summed E-state index contributed by atoms with van der Waals surface area (Å²) >= 11 is 0.